The van der Waals surface area contributed by atoms with Crippen LogP contribution in [0, 0.1) is 0 Å². The molecule has 5 nitrogen and oxygen atoms in total. The number of aryl methyl sites for hydroxylation is 3. The van der Waals surface area contributed by atoms with Crippen molar-refractivity contribution in [1.29, 1.82) is 0 Å². The zero-order valence-electron chi connectivity index (χ0n) is 9.30. The summed E-state index contributed by atoms with van der Waals surface area (Å²) in [6, 6.07) is 2.05. The van der Waals surface area contributed by atoms with Crippen molar-refractivity contribution in [1.82, 2.24) is 24.5 Å². The van der Waals surface area contributed by atoms with E-state index in [-0.39, 0.29) is 0 Å². The van der Waals surface area contributed by atoms with Crippen LogP contribution >= 0.6 is 0 Å². The highest BCUT2D eigenvalue weighted by atomic mass is 15.3. The van der Waals surface area contributed by atoms with Gasteiger partial charge >= 0.3 is 0 Å². The topological polar surface area (TPSA) is 48.5 Å². The van der Waals surface area contributed by atoms with E-state index in [0.29, 0.717) is 0 Å². The number of rotatable bonds is 3. The molecule has 0 bridgehead atoms. The summed E-state index contributed by atoms with van der Waals surface area (Å²) in [6.45, 7) is 5.00. The maximum atomic E-state index is 4.46. The van der Waals surface area contributed by atoms with Crippen molar-refractivity contribution >= 4 is 0 Å². The summed E-state index contributed by atoms with van der Waals surface area (Å²) in [4.78, 5) is 4.23. The van der Waals surface area contributed by atoms with E-state index in [1.807, 2.05) is 11.7 Å². The first-order valence-corrected chi connectivity index (χ1v) is 5.17. The van der Waals surface area contributed by atoms with Crippen LogP contribution in [0.2, 0.25) is 0 Å². The lowest BCUT2D eigenvalue weighted by Crippen LogP contribution is -2.00. The highest BCUT2D eigenvalue weighted by Gasteiger charge is 2.11. The predicted molar refractivity (Wildman–Crippen MR) is 57.3 cm³/mol. The molecule has 0 radical (unpaired) electrons. The summed E-state index contributed by atoms with van der Waals surface area (Å²) in [7, 11) is 1.86. The second-order valence-corrected chi connectivity index (χ2v) is 3.43. The van der Waals surface area contributed by atoms with E-state index in [1.165, 1.54) is 0 Å². The van der Waals surface area contributed by atoms with Crippen LogP contribution in [0.15, 0.2) is 12.4 Å². The lowest BCUT2D eigenvalue weighted by Gasteiger charge is -1.98. The monoisotopic (exact) mass is 205 g/mol. The Labute approximate surface area is 88.7 Å². The number of aromatic nitrogens is 5. The summed E-state index contributed by atoms with van der Waals surface area (Å²) in [5.41, 5.74) is 2.08. The van der Waals surface area contributed by atoms with Crippen LogP contribution in [-0.4, -0.2) is 24.5 Å². The third kappa shape index (κ3) is 1.77. The van der Waals surface area contributed by atoms with Crippen LogP contribution in [-0.2, 0) is 20.0 Å². The van der Waals surface area contributed by atoms with Crippen molar-refractivity contribution < 1.29 is 0 Å². The van der Waals surface area contributed by atoms with Gasteiger partial charge in [-0.1, -0.05) is 6.92 Å². The zero-order valence-corrected chi connectivity index (χ0v) is 9.30. The van der Waals surface area contributed by atoms with Gasteiger partial charge in [0.2, 0.25) is 0 Å². The Morgan fingerprint density at radius 2 is 2.07 bits per heavy atom. The molecular formula is C10H15N5. The molecule has 0 spiro atoms. The van der Waals surface area contributed by atoms with Crippen LogP contribution in [0.5, 0.6) is 0 Å². The molecule has 80 valence electrons. The van der Waals surface area contributed by atoms with Gasteiger partial charge in [-0.3, -0.25) is 9.36 Å². The van der Waals surface area contributed by atoms with Crippen molar-refractivity contribution in [2.24, 2.45) is 7.05 Å². The minimum absolute atomic E-state index is 0.742. The highest BCUT2D eigenvalue weighted by Crippen LogP contribution is 2.16. The smallest absolute Gasteiger partial charge is 0.199 e. The number of hydrogen-bond acceptors (Lipinski definition) is 3. The van der Waals surface area contributed by atoms with Gasteiger partial charge in [-0.15, -0.1) is 5.10 Å². The molecule has 15 heavy (non-hydrogen) atoms. The Kier molecular flexibility index (Phi) is 2.53. The fraction of sp³-hybridized carbons (Fsp3) is 0.500. The first kappa shape index (κ1) is 9.89. The van der Waals surface area contributed by atoms with E-state index in [2.05, 4.69) is 35.1 Å². The fourth-order valence-electron chi connectivity index (χ4n) is 1.52. The molecule has 2 aromatic heterocycles. The zero-order chi connectivity index (χ0) is 10.8. The SMILES string of the molecule is CCc1cc(-c2ncn(C)n2)n(CC)n1. The minimum atomic E-state index is 0.742. The standard InChI is InChI=1S/C10H15N5/c1-4-8-6-9(15(5-2)12-8)10-11-7-14(3)13-10/h6-7H,4-5H2,1-3H3. The molecule has 2 heterocycles. The summed E-state index contributed by atoms with van der Waals surface area (Å²) in [5.74, 6) is 0.742. The van der Waals surface area contributed by atoms with Crippen LogP contribution in [0.25, 0.3) is 11.5 Å². The quantitative estimate of drug-likeness (QED) is 0.758. The molecule has 0 N–H and O–H groups in total. The van der Waals surface area contributed by atoms with Gasteiger partial charge < -0.3 is 0 Å². The molecule has 0 aliphatic rings. The van der Waals surface area contributed by atoms with E-state index < -0.39 is 0 Å². The lowest BCUT2D eigenvalue weighted by atomic mass is 10.3. The van der Waals surface area contributed by atoms with Crippen LogP contribution in [0.4, 0.5) is 0 Å². The molecule has 0 atom stereocenters. The molecule has 0 aliphatic carbocycles. The lowest BCUT2D eigenvalue weighted by molar-refractivity contribution is 0.651. The molecule has 0 saturated heterocycles. The van der Waals surface area contributed by atoms with Crippen LogP contribution < -0.4 is 0 Å². The summed E-state index contributed by atoms with van der Waals surface area (Å²) < 4.78 is 3.64. The van der Waals surface area contributed by atoms with Crippen LogP contribution in [0.1, 0.15) is 19.5 Å². The molecule has 2 aromatic rings. The summed E-state index contributed by atoms with van der Waals surface area (Å²) in [5, 5.41) is 8.74. The normalized spacial score (nSPS) is 10.9. The molecule has 0 amide bonds. The van der Waals surface area contributed by atoms with E-state index in [4.69, 9.17) is 0 Å². The first-order chi connectivity index (χ1) is 7.24. The molecule has 0 aromatic carbocycles. The number of nitrogens with zero attached hydrogens (tertiary/aromatic N) is 5. The Morgan fingerprint density at radius 1 is 1.27 bits per heavy atom. The van der Waals surface area contributed by atoms with Gasteiger partial charge in [0, 0.05) is 13.6 Å². The van der Waals surface area contributed by atoms with Crippen LogP contribution in [0.3, 0.4) is 0 Å². The first-order valence-electron chi connectivity index (χ1n) is 5.17. The van der Waals surface area contributed by atoms with Gasteiger partial charge in [-0.2, -0.15) is 5.10 Å². The Balaban J connectivity index is 2.46. The van der Waals surface area contributed by atoms with Crippen molar-refractivity contribution in [3.8, 4) is 11.5 Å². The van der Waals surface area contributed by atoms with Crippen molar-refractivity contribution in [3.63, 3.8) is 0 Å². The van der Waals surface area contributed by atoms with Gasteiger partial charge in [-0.25, -0.2) is 4.98 Å². The van der Waals surface area contributed by atoms with Gasteiger partial charge in [-0.05, 0) is 19.4 Å². The molecular weight excluding hydrogens is 190 g/mol. The molecule has 0 saturated carbocycles. The summed E-state index contributed by atoms with van der Waals surface area (Å²) >= 11 is 0. The van der Waals surface area contributed by atoms with Gasteiger partial charge in [0.1, 0.15) is 12.0 Å². The average Bonchev–Trinajstić information content (AvgIpc) is 2.82. The predicted octanol–water partition coefficient (Wildman–Crippen LogP) is 1.26. The third-order valence-corrected chi connectivity index (χ3v) is 2.32. The van der Waals surface area contributed by atoms with E-state index >= 15 is 0 Å². The fourth-order valence-corrected chi connectivity index (χ4v) is 1.52. The maximum Gasteiger partial charge on any atom is 0.199 e. The highest BCUT2D eigenvalue weighted by molar-refractivity contribution is 5.49. The second kappa shape index (κ2) is 3.84. The molecule has 0 aliphatic heterocycles. The van der Waals surface area contributed by atoms with Gasteiger partial charge in [0.25, 0.3) is 0 Å². The minimum Gasteiger partial charge on any atom is -0.262 e. The molecule has 5 heteroatoms. The van der Waals surface area contributed by atoms with E-state index in [9.17, 15) is 0 Å². The second-order valence-electron chi connectivity index (χ2n) is 3.43. The largest absolute Gasteiger partial charge is 0.262 e. The summed E-state index contributed by atoms with van der Waals surface area (Å²) in [6.07, 6.45) is 2.64. The molecule has 0 unspecified atom stereocenters. The number of hydrogen-bond donors (Lipinski definition) is 0. The Morgan fingerprint density at radius 3 is 2.60 bits per heavy atom. The average molecular weight is 205 g/mol. The van der Waals surface area contributed by atoms with Crippen molar-refractivity contribution in [2.45, 2.75) is 26.8 Å². The van der Waals surface area contributed by atoms with Gasteiger partial charge in [0.15, 0.2) is 5.82 Å². The Hall–Kier alpha value is -1.65. The van der Waals surface area contributed by atoms with Gasteiger partial charge in [0.05, 0.1) is 5.69 Å². The maximum absolute atomic E-state index is 4.46. The Bertz CT molecular complexity index is 454. The van der Waals surface area contributed by atoms with E-state index in [0.717, 1.165) is 30.2 Å². The molecule has 2 rings (SSSR count). The molecule has 0 fully saturated rings. The van der Waals surface area contributed by atoms with Crippen molar-refractivity contribution in [2.75, 3.05) is 0 Å². The van der Waals surface area contributed by atoms with Crippen molar-refractivity contribution in [3.05, 3.63) is 18.1 Å². The van der Waals surface area contributed by atoms with E-state index in [1.54, 1.807) is 11.0 Å². The third-order valence-electron chi connectivity index (χ3n) is 2.32.